The first-order valence-electron chi connectivity index (χ1n) is 7.63. The maximum absolute atomic E-state index is 10.2. The van der Waals surface area contributed by atoms with Gasteiger partial charge in [0.1, 0.15) is 11.9 Å². The molecule has 5 nitrogen and oxygen atoms in total. The third-order valence-corrected chi connectivity index (χ3v) is 4.31. The topological polar surface area (TPSA) is 63.2 Å². The number of fused-ring (bicyclic) bond motifs is 1. The van der Waals surface area contributed by atoms with Gasteiger partial charge in [0.05, 0.1) is 12.5 Å². The first-order chi connectivity index (χ1) is 10.1. The predicted molar refractivity (Wildman–Crippen MR) is 79.8 cm³/mol. The summed E-state index contributed by atoms with van der Waals surface area (Å²) in [7, 11) is 2.01. The molecule has 3 atom stereocenters. The highest BCUT2D eigenvalue weighted by Crippen LogP contribution is 2.30. The molecule has 1 aliphatic rings. The van der Waals surface area contributed by atoms with E-state index in [1.165, 1.54) is 17.7 Å². The van der Waals surface area contributed by atoms with Gasteiger partial charge >= 0.3 is 0 Å². The molecule has 0 saturated carbocycles. The molecular formula is C16H23N3O2. The molecule has 2 heterocycles. The van der Waals surface area contributed by atoms with E-state index in [2.05, 4.69) is 17.3 Å². The molecule has 0 aliphatic heterocycles. The highest BCUT2D eigenvalue weighted by atomic mass is 16.4. The highest BCUT2D eigenvalue weighted by molar-refractivity contribution is 5.24. The van der Waals surface area contributed by atoms with Crippen molar-refractivity contribution in [1.82, 2.24) is 15.1 Å². The molecule has 3 unspecified atom stereocenters. The fourth-order valence-corrected chi connectivity index (χ4v) is 3.22. The summed E-state index contributed by atoms with van der Waals surface area (Å²) in [6.45, 7) is 2.11. The van der Waals surface area contributed by atoms with Gasteiger partial charge in [0.25, 0.3) is 0 Å². The third-order valence-electron chi connectivity index (χ3n) is 4.31. The number of aliphatic hydroxyl groups excluding tert-OH is 1. The minimum absolute atomic E-state index is 0.209. The van der Waals surface area contributed by atoms with Gasteiger partial charge in [0.15, 0.2) is 0 Å². The number of rotatable bonds is 5. The summed E-state index contributed by atoms with van der Waals surface area (Å²) in [5, 5.41) is 18.2. The van der Waals surface area contributed by atoms with Crippen LogP contribution in [0.4, 0.5) is 0 Å². The van der Waals surface area contributed by atoms with Crippen LogP contribution in [0.2, 0.25) is 0 Å². The Morgan fingerprint density at radius 2 is 2.43 bits per heavy atom. The van der Waals surface area contributed by atoms with E-state index in [-0.39, 0.29) is 6.04 Å². The molecule has 2 N–H and O–H groups in total. The van der Waals surface area contributed by atoms with Gasteiger partial charge in [-0.15, -0.1) is 0 Å². The molecule has 0 bridgehead atoms. The van der Waals surface area contributed by atoms with Crippen LogP contribution in [0.3, 0.4) is 0 Å². The SMILES string of the molecule is CC(CC(O)c1ccco1)NC1CCCc2c1cnn2C. The van der Waals surface area contributed by atoms with Crippen molar-refractivity contribution in [3.05, 3.63) is 41.6 Å². The molecule has 3 rings (SSSR count). The lowest BCUT2D eigenvalue weighted by molar-refractivity contribution is 0.126. The zero-order valence-electron chi connectivity index (χ0n) is 12.6. The molecule has 0 radical (unpaired) electrons. The fraction of sp³-hybridized carbons (Fsp3) is 0.562. The standard InChI is InChI=1S/C16H23N3O2/c1-11(9-15(20)16-7-4-8-21-16)18-13-5-3-6-14-12(13)10-17-19(14)2/h4,7-8,10-11,13,15,18,20H,3,5-6,9H2,1-2H3. The molecule has 0 fully saturated rings. The van der Waals surface area contributed by atoms with Crippen LogP contribution in [0.25, 0.3) is 0 Å². The summed E-state index contributed by atoms with van der Waals surface area (Å²) in [4.78, 5) is 0. The summed E-state index contributed by atoms with van der Waals surface area (Å²) in [5.41, 5.74) is 2.64. The third kappa shape index (κ3) is 3.04. The van der Waals surface area contributed by atoms with Crippen LogP contribution < -0.4 is 5.32 Å². The molecular weight excluding hydrogens is 266 g/mol. The van der Waals surface area contributed by atoms with Crippen LogP contribution in [0.1, 0.15) is 55.3 Å². The number of hydrogen-bond donors (Lipinski definition) is 2. The predicted octanol–water partition coefficient (Wildman–Crippen LogP) is 2.49. The maximum atomic E-state index is 10.2. The average Bonchev–Trinajstić information content (AvgIpc) is 3.10. The summed E-state index contributed by atoms with van der Waals surface area (Å²) < 4.78 is 7.23. The Hall–Kier alpha value is -1.59. The smallest absolute Gasteiger partial charge is 0.132 e. The Morgan fingerprint density at radius 3 is 3.19 bits per heavy atom. The van der Waals surface area contributed by atoms with E-state index >= 15 is 0 Å². The zero-order valence-corrected chi connectivity index (χ0v) is 12.6. The summed E-state index contributed by atoms with van der Waals surface area (Å²) in [6, 6.07) is 4.17. The normalized spacial score (nSPS) is 21.0. The van der Waals surface area contributed by atoms with Gasteiger partial charge in [-0.2, -0.15) is 5.10 Å². The number of nitrogens with zero attached hydrogens (tertiary/aromatic N) is 2. The van der Waals surface area contributed by atoms with E-state index in [1.54, 1.807) is 12.3 Å². The fourth-order valence-electron chi connectivity index (χ4n) is 3.22. The van der Waals surface area contributed by atoms with E-state index in [0.717, 1.165) is 12.8 Å². The van der Waals surface area contributed by atoms with E-state index in [9.17, 15) is 5.11 Å². The molecule has 0 aromatic carbocycles. The highest BCUT2D eigenvalue weighted by Gasteiger charge is 2.25. The number of hydrogen-bond acceptors (Lipinski definition) is 4. The van der Waals surface area contributed by atoms with E-state index in [0.29, 0.717) is 18.2 Å². The lowest BCUT2D eigenvalue weighted by Crippen LogP contribution is -2.33. The monoisotopic (exact) mass is 289 g/mol. The van der Waals surface area contributed by atoms with Crippen molar-refractivity contribution in [2.24, 2.45) is 7.05 Å². The van der Waals surface area contributed by atoms with Gasteiger partial charge in [-0.25, -0.2) is 0 Å². The van der Waals surface area contributed by atoms with E-state index < -0.39 is 6.10 Å². The zero-order chi connectivity index (χ0) is 14.8. The van der Waals surface area contributed by atoms with Gasteiger partial charge in [-0.05, 0) is 44.7 Å². The van der Waals surface area contributed by atoms with E-state index in [4.69, 9.17) is 4.42 Å². The summed E-state index contributed by atoms with van der Waals surface area (Å²) in [6.07, 6.45) is 7.06. The molecule has 0 amide bonds. The minimum atomic E-state index is -0.556. The molecule has 0 spiro atoms. The maximum Gasteiger partial charge on any atom is 0.132 e. The lowest BCUT2D eigenvalue weighted by Gasteiger charge is -2.28. The van der Waals surface area contributed by atoms with Gasteiger partial charge in [0.2, 0.25) is 0 Å². The quantitative estimate of drug-likeness (QED) is 0.887. The van der Waals surface area contributed by atoms with Gasteiger partial charge in [-0.3, -0.25) is 4.68 Å². The second-order valence-electron chi connectivity index (χ2n) is 5.95. The van der Waals surface area contributed by atoms with Crippen LogP contribution in [-0.4, -0.2) is 20.9 Å². The minimum Gasteiger partial charge on any atom is -0.467 e. The average molecular weight is 289 g/mol. The summed E-state index contributed by atoms with van der Waals surface area (Å²) in [5.74, 6) is 0.634. The Morgan fingerprint density at radius 1 is 1.57 bits per heavy atom. The van der Waals surface area contributed by atoms with E-state index in [1.807, 2.05) is 24.0 Å². The second kappa shape index (κ2) is 6.03. The number of aromatic nitrogens is 2. The Kier molecular flexibility index (Phi) is 4.12. The van der Waals surface area contributed by atoms with Gasteiger partial charge in [0, 0.05) is 30.4 Å². The molecule has 2 aromatic rings. The summed E-state index contributed by atoms with van der Waals surface area (Å²) >= 11 is 0. The van der Waals surface area contributed by atoms with Crippen molar-refractivity contribution in [2.45, 2.75) is 50.8 Å². The molecule has 0 saturated heterocycles. The van der Waals surface area contributed by atoms with Crippen molar-refractivity contribution >= 4 is 0 Å². The number of aryl methyl sites for hydroxylation is 1. The van der Waals surface area contributed by atoms with Gasteiger partial charge in [-0.1, -0.05) is 0 Å². The molecule has 21 heavy (non-hydrogen) atoms. The van der Waals surface area contributed by atoms with Crippen molar-refractivity contribution in [2.75, 3.05) is 0 Å². The Balaban J connectivity index is 1.62. The van der Waals surface area contributed by atoms with Crippen molar-refractivity contribution in [3.63, 3.8) is 0 Å². The first kappa shape index (κ1) is 14.4. The largest absolute Gasteiger partial charge is 0.467 e. The Labute approximate surface area is 125 Å². The van der Waals surface area contributed by atoms with Crippen molar-refractivity contribution in [1.29, 1.82) is 0 Å². The number of furan rings is 1. The molecule has 5 heteroatoms. The van der Waals surface area contributed by atoms with Crippen molar-refractivity contribution in [3.8, 4) is 0 Å². The van der Waals surface area contributed by atoms with Gasteiger partial charge < -0.3 is 14.8 Å². The first-order valence-corrected chi connectivity index (χ1v) is 7.63. The molecule has 114 valence electrons. The number of nitrogens with one attached hydrogen (secondary N) is 1. The Bertz CT molecular complexity index is 576. The van der Waals surface area contributed by atoms with Crippen LogP contribution >= 0.6 is 0 Å². The van der Waals surface area contributed by atoms with Crippen LogP contribution in [0.15, 0.2) is 29.0 Å². The second-order valence-corrected chi connectivity index (χ2v) is 5.95. The molecule has 2 aromatic heterocycles. The van der Waals surface area contributed by atoms with Crippen LogP contribution in [-0.2, 0) is 13.5 Å². The lowest BCUT2D eigenvalue weighted by atomic mass is 9.92. The molecule has 1 aliphatic carbocycles. The van der Waals surface area contributed by atoms with Crippen LogP contribution in [0.5, 0.6) is 0 Å². The van der Waals surface area contributed by atoms with Crippen LogP contribution in [0, 0.1) is 0 Å². The number of aliphatic hydroxyl groups is 1. The van der Waals surface area contributed by atoms with Crippen molar-refractivity contribution < 1.29 is 9.52 Å².